The first kappa shape index (κ1) is 23.9. The van der Waals surface area contributed by atoms with E-state index in [1.807, 2.05) is 13.0 Å². The average Bonchev–Trinajstić information content (AvgIpc) is 2.66. The lowest BCUT2D eigenvalue weighted by Crippen LogP contribution is -2.56. The molecule has 0 radical (unpaired) electrons. The number of hydrogen-bond acceptors (Lipinski definition) is 5. The molecule has 160 valence electrons. The van der Waals surface area contributed by atoms with Crippen molar-refractivity contribution < 1.29 is 14.5 Å². The van der Waals surface area contributed by atoms with E-state index < -0.39 is 20.8 Å². The number of benzene rings is 2. The normalized spacial score (nSPS) is 11.9. The lowest BCUT2D eigenvalue weighted by molar-refractivity contribution is -0.384. The number of hydrogen-bond donors (Lipinski definition) is 3. The molecule has 30 heavy (non-hydrogen) atoms. The molecular formula is C18H17Cl3N4O4S. The van der Waals surface area contributed by atoms with Gasteiger partial charge in [0.05, 0.1) is 17.7 Å². The van der Waals surface area contributed by atoms with Crippen LogP contribution < -0.4 is 20.7 Å². The van der Waals surface area contributed by atoms with Gasteiger partial charge in [0.2, 0.25) is 3.79 Å². The van der Waals surface area contributed by atoms with Crippen LogP contribution in [0.25, 0.3) is 0 Å². The molecule has 0 spiro atoms. The highest BCUT2D eigenvalue weighted by atomic mass is 35.6. The van der Waals surface area contributed by atoms with E-state index in [9.17, 15) is 14.9 Å². The third-order valence-corrected chi connectivity index (χ3v) is 4.68. The Hall–Kier alpha value is -2.33. The maximum Gasteiger partial charge on any atom is 0.271 e. The minimum atomic E-state index is -1.96. The van der Waals surface area contributed by atoms with E-state index in [-0.39, 0.29) is 16.5 Å². The van der Waals surface area contributed by atoms with Crippen LogP contribution in [0, 0.1) is 17.0 Å². The van der Waals surface area contributed by atoms with E-state index >= 15 is 0 Å². The maximum absolute atomic E-state index is 12.5. The quantitative estimate of drug-likeness (QED) is 0.182. The summed E-state index contributed by atoms with van der Waals surface area (Å²) in [6.07, 6.45) is -1.21. The van der Waals surface area contributed by atoms with E-state index in [0.29, 0.717) is 11.3 Å². The van der Waals surface area contributed by atoms with Crippen LogP contribution in [-0.4, -0.2) is 33.0 Å². The number of nitrogens with zero attached hydrogens (tertiary/aromatic N) is 1. The second kappa shape index (κ2) is 10.1. The van der Waals surface area contributed by atoms with Crippen molar-refractivity contribution in [2.75, 3.05) is 12.4 Å². The summed E-state index contributed by atoms with van der Waals surface area (Å²) in [6.45, 7) is 1.84. The molecule has 12 heteroatoms. The maximum atomic E-state index is 12.5. The Morgan fingerprint density at radius 2 is 1.90 bits per heavy atom. The smallest absolute Gasteiger partial charge is 0.271 e. The van der Waals surface area contributed by atoms with Gasteiger partial charge in [-0.25, -0.2) is 0 Å². The molecule has 0 fully saturated rings. The number of anilines is 1. The molecule has 2 rings (SSSR count). The first-order valence-corrected chi connectivity index (χ1v) is 9.89. The Balaban J connectivity index is 2.17. The van der Waals surface area contributed by atoms with Gasteiger partial charge in [-0.1, -0.05) is 52.5 Å². The Morgan fingerprint density at radius 3 is 2.47 bits per heavy atom. The topological polar surface area (TPSA) is 106 Å². The Bertz CT molecular complexity index is 969. The van der Waals surface area contributed by atoms with Crippen molar-refractivity contribution in [1.29, 1.82) is 0 Å². The monoisotopic (exact) mass is 490 g/mol. The summed E-state index contributed by atoms with van der Waals surface area (Å²) in [5, 5.41) is 19.0. The molecule has 1 amide bonds. The van der Waals surface area contributed by atoms with Crippen LogP contribution in [0.4, 0.5) is 11.4 Å². The van der Waals surface area contributed by atoms with E-state index in [0.717, 1.165) is 5.56 Å². The number of carbonyl (C=O) groups is 1. The number of nitro groups is 1. The Kier molecular flexibility index (Phi) is 8.08. The highest BCUT2D eigenvalue weighted by molar-refractivity contribution is 7.80. The summed E-state index contributed by atoms with van der Waals surface area (Å²) < 4.78 is 3.21. The van der Waals surface area contributed by atoms with Crippen molar-refractivity contribution in [3.63, 3.8) is 0 Å². The van der Waals surface area contributed by atoms with Crippen molar-refractivity contribution in [3.8, 4) is 5.75 Å². The van der Waals surface area contributed by atoms with E-state index in [1.165, 1.54) is 25.3 Å². The SMILES string of the molecule is COc1ccc([N+](=O)[O-])cc1NC(=S)N[C@@H](NC(=O)c1cccc(C)c1)C(Cl)(Cl)Cl. The molecule has 0 saturated carbocycles. The van der Waals surface area contributed by atoms with Crippen molar-refractivity contribution in [3.05, 3.63) is 63.7 Å². The van der Waals surface area contributed by atoms with E-state index in [2.05, 4.69) is 16.0 Å². The molecule has 2 aromatic rings. The number of thiocarbonyl (C=S) groups is 1. The molecule has 0 aliphatic rings. The van der Waals surface area contributed by atoms with Crippen LogP contribution in [0.3, 0.4) is 0 Å². The first-order chi connectivity index (χ1) is 14.0. The number of amides is 1. The number of halogens is 3. The molecule has 0 aliphatic carbocycles. The summed E-state index contributed by atoms with van der Waals surface area (Å²) in [6, 6.07) is 10.8. The fourth-order valence-electron chi connectivity index (χ4n) is 2.40. The molecular weight excluding hydrogens is 475 g/mol. The van der Waals surface area contributed by atoms with Crippen molar-refractivity contribution in [2.24, 2.45) is 0 Å². The summed E-state index contributed by atoms with van der Waals surface area (Å²) in [4.78, 5) is 23.0. The second-order valence-corrected chi connectivity index (χ2v) is 8.83. The van der Waals surface area contributed by atoms with Gasteiger partial charge in [0.15, 0.2) is 5.11 Å². The predicted molar refractivity (Wildman–Crippen MR) is 122 cm³/mol. The fourth-order valence-corrected chi connectivity index (χ4v) is 2.95. The first-order valence-electron chi connectivity index (χ1n) is 8.35. The van der Waals surface area contributed by atoms with Crippen molar-refractivity contribution in [2.45, 2.75) is 16.9 Å². The molecule has 2 aromatic carbocycles. The second-order valence-electron chi connectivity index (χ2n) is 6.06. The summed E-state index contributed by atoms with van der Waals surface area (Å²) in [7, 11) is 1.40. The Labute approximate surface area is 193 Å². The van der Waals surface area contributed by atoms with Gasteiger partial charge in [-0.2, -0.15) is 0 Å². The molecule has 0 unspecified atom stereocenters. The number of ether oxygens (including phenoxy) is 1. The van der Waals surface area contributed by atoms with Crippen molar-refractivity contribution >= 4 is 69.4 Å². The largest absolute Gasteiger partial charge is 0.495 e. The number of nitro benzene ring substituents is 1. The van der Waals surface area contributed by atoms with Crippen molar-refractivity contribution in [1.82, 2.24) is 10.6 Å². The van der Waals surface area contributed by atoms with Crippen LogP contribution in [-0.2, 0) is 0 Å². The number of nitrogens with one attached hydrogen (secondary N) is 3. The molecule has 0 bridgehead atoms. The average molecular weight is 492 g/mol. The highest BCUT2D eigenvalue weighted by Crippen LogP contribution is 2.31. The number of non-ortho nitro benzene ring substituents is 1. The summed E-state index contributed by atoms with van der Waals surface area (Å²) in [5.41, 5.74) is 1.30. The van der Waals surface area contributed by atoms with Crippen LogP contribution in [0.5, 0.6) is 5.75 Å². The zero-order chi connectivity index (χ0) is 22.5. The molecule has 3 N–H and O–H groups in total. The highest BCUT2D eigenvalue weighted by Gasteiger charge is 2.35. The number of carbonyl (C=O) groups excluding carboxylic acids is 1. The summed E-state index contributed by atoms with van der Waals surface area (Å²) >= 11 is 23.2. The van der Waals surface area contributed by atoms with Gasteiger partial charge in [-0.05, 0) is 37.3 Å². The Morgan fingerprint density at radius 1 is 1.20 bits per heavy atom. The summed E-state index contributed by atoms with van der Waals surface area (Å²) in [5.74, 6) is -0.183. The van der Waals surface area contributed by atoms with Crippen LogP contribution >= 0.6 is 47.0 Å². The molecule has 0 aromatic heterocycles. The van der Waals surface area contributed by atoms with Gasteiger partial charge in [0.25, 0.3) is 11.6 Å². The molecule has 0 heterocycles. The minimum Gasteiger partial charge on any atom is -0.495 e. The molecule has 0 saturated heterocycles. The lowest BCUT2D eigenvalue weighted by atomic mass is 10.1. The molecule has 8 nitrogen and oxygen atoms in total. The van der Waals surface area contributed by atoms with E-state index in [1.54, 1.807) is 18.2 Å². The zero-order valence-electron chi connectivity index (χ0n) is 15.7. The van der Waals surface area contributed by atoms with Gasteiger partial charge < -0.3 is 20.7 Å². The fraction of sp³-hybridized carbons (Fsp3) is 0.222. The third kappa shape index (κ3) is 6.60. The standard InChI is InChI=1S/C18H17Cl3N4O4S/c1-10-4-3-5-11(8-10)15(26)23-16(18(19,20)21)24-17(30)22-13-9-12(25(27)28)6-7-14(13)29-2/h3-9,16H,1-2H3,(H,23,26)(H2,22,24,30)/t16-/m1/s1. The van der Waals surface area contributed by atoms with Gasteiger partial charge in [-0.3, -0.25) is 14.9 Å². The predicted octanol–water partition coefficient (Wildman–Crippen LogP) is 4.32. The van der Waals surface area contributed by atoms with Gasteiger partial charge >= 0.3 is 0 Å². The van der Waals surface area contributed by atoms with Gasteiger partial charge in [0, 0.05) is 17.7 Å². The van der Waals surface area contributed by atoms with Crippen LogP contribution in [0.2, 0.25) is 0 Å². The van der Waals surface area contributed by atoms with Crippen LogP contribution in [0.15, 0.2) is 42.5 Å². The van der Waals surface area contributed by atoms with Gasteiger partial charge in [0.1, 0.15) is 11.9 Å². The number of methoxy groups -OCH3 is 1. The van der Waals surface area contributed by atoms with Gasteiger partial charge in [-0.15, -0.1) is 0 Å². The number of aryl methyl sites for hydroxylation is 1. The zero-order valence-corrected chi connectivity index (χ0v) is 18.8. The molecule has 1 atom stereocenters. The molecule has 0 aliphatic heterocycles. The number of alkyl halides is 3. The minimum absolute atomic E-state index is 0.0605. The van der Waals surface area contributed by atoms with E-state index in [4.69, 9.17) is 51.8 Å². The number of rotatable bonds is 6. The van der Waals surface area contributed by atoms with Crippen LogP contribution in [0.1, 0.15) is 15.9 Å². The lowest BCUT2D eigenvalue weighted by Gasteiger charge is -2.28. The third-order valence-electron chi connectivity index (χ3n) is 3.80.